The van der Waals surface area contributed by atoms with Gasteiger partial charge in [-0.1, -0.05) is 43.5 Å². The number of carbonyl (C=O) groups is 2. The Hall–Kier alpha value is -2.73. The van der Waals surface area contributed by atoms with E-state index >= 15 is 0 Å². The number of ether oxygens (including phenoxy) is 2. The van der Waals surface area contributed by atoms with Crippen molar-refractivity contribution in [3.8, 4) is 11.5 Å². The molecule has 1 fully saturated rings. The van der Waals surface area contributed by atoms with Gasteiger partial charge in [-0.05, 0) is 74.1 Å². The normalized spacial score (nSPS) is 14.5. The van der Waals surface area contributed by atoms with Crippen molar-refractivity contribution in [3.05, 3.63) is 58.1 Å². The summed E-state index contributed by atoms with van der Waals surface area (Å²) in [4.78, 5) is 28.2. The highest BCUT2D eigenvalue weighted by Crippen LogP contribution is 2.26. The first-order chi connectivity index (χ1) is 16.3. The summed E-state index contributed by atoms with van der Waals surface area (Å²) in [5.41, 5.74) is 2.70. The fourth-order valence-electron chi connectivity index (χ4n) is 4.43. The summed E-state index contributed by atoms with van der Waals surface area (Å²) >= 11 is 6.26. The number of hydrogen-bond donors (Lipinski definition) is 1. The highest BCUT2D eigenvalue weighted by Gasteiger charge is 2.31. The van der Waals surface area contributed by atoms with Crippen molar-refractivity contribution < 1.29 is 19.1 Å². The molecule has 7 heteroatoms. The minimum Gasteiger partial charge on any atom is -0.497 e. The SMILES string of the molecule is CCC(C(=O)NC1CCCC1)N(Cc1ccc(OC)cc1)C(=O)COc1cc(C)c(Cl)c(C)c1. The van der Waals surface area contributed by atoms with Gasteiger partial charge in [0.05, 0.1) is 7.11 Å². The van der Waals surface area contributed by atoms with Crippen molar-refractivity contribution in [1.82, 2.24) is 10.2 Å². The molecule has 1 N–H and O–H groups in total. The van der Waals surface area contributed by atoms with Crippen molar-refractivity contribution in [2.24, 2.45) is 0 Å². The number of hydrogen-bond acceptors (Lipinski definition) is 4. The molecule has 1 aliphatic rings. The average molecular weight is 487 g/mol. The molecule has 34 heavy (non-hydrogen) atoms. The van der Waals surface area contributed by atoms with E-state index in [-0.39, 0.29) is 24.5 Å². The molecular weight excluding hydrogens is 452 g/mol. The first kappa shape index (κ1) is 25.9. The largest absolute Gasteiger partial charge is 0.497 e. The van der Waals surface area contributed by atoms with Crippen molar-refractivity contribution in [1.29, 1.82) is 0 Å². The molecule has 1 saturated carbocycles. The number of halogens is 1. The minimum atomic E-state index is -0.576. The predicted molar refractivity (Wildman–Crippen MR) is 134 cm³/mol. The lowest BCUT2D eigenvalue weighted by Crippen LogP contribution is -2.52. The van der Waals surface area contributed by atoms with Gasteiger partial charge in [-0.15, -0.1) is 0 Å². The van der Waals surface area contributed by atoms with Crippen LogP contribution >= 0.6 is 11.6 Å². The molecule has 1 aliphatic carbocycles. The van der Waals surface area contributed by atoms with Crippen LogP contribution in [0, 0.1) is 13.8 Å². The molecule has 2 amide bonds. The molecule has 0 heterocycles. The van der Waals surface area contributed by atoms with Gasteiger partial charge in [0.25, 0.3) is 5.91 Å². The van der Waals surface area contributed by atoms with Gasteiger partial charge >= 0.3 is 0 Å². The zero-order chi connectivity index (χ0) is 24.7. The number of amides is 2. The van der Waals surface area contributed by atoms with Gasteiger partial charge < -0.3 is 19.7 Å². The lowest BCUT2D eigenvalue weighted by atomic mass is 10.1. The van der Waals surface area contributed by atoms with Gasteiger partial charge in [-0.2, -0.15) is 0 Å². The van der Waals surface area contributed by atoms with E-state index in [2.05, 4.69) is 5.32 Å². The maximum atomic E-state index is 13.4. The number of carbonyl (C=O) groups excluding carboxylic acids is 2. The van der Waals surface area contributed by atoms with Crippen molar-refractivity contribution in [3.63, 3.8) is 0 Å². The van der Waals surface area contributed by atoms with Gasteiger partial charge in [0.2, 0.25) is 5.91 Å². The van der Waals surface area contributed by atoms with E-state index in [0.717, 1.165) is 48.1 Å². The number of aryl methyl sites for hydroxylation is 2. The van der Waals surface area contributed by atoms with E-state index in [0.29, 0.717) is 23.7 Å². The van der Waals surface area contributed by atoms with Gasteiger partial charge in [0, 0.05) is 17.6 Å². The Labute approximate surface area is 207 Å². The molecule has 184 valence electrons. The third-order valence-electron chi connectivity index (χ3n) is 6.37. The summed E-state index contributed by atoms with van der Waals surface area (Å²) < 4.78 is 11.1. The summed E-state index contributed by atoms with van der Waals surface area (Å²) in [6.07, 6.45) is 4.76. The van der Waals surface area contributed by atoms with E-state index in [4.69, 9.17) is 21.1 Å². The van der Waals surface area contributed by atoms with Crippen LogP contribution in [0.1, 0.15) is 55.7 Å². The highest BCUT2D eigenvalue weighted by atomic mass is 35.5. The number of nitrogens with zero attached hydrogens (tertiary/aromatic N) is 1. The molecule has 0 bridgehead atoms. The Balaban J connectivity index is 1.78. The Morgan fingerprint density at radius 2 is 1.71 bits per heavy atom. The molecular formula is C27H35ClN2O4. The quantitative estimate of drug-likeness (QED) is 0.500. The average Bonchev–Trinajstić information content (AvgIpc) is 3.34. The maximum absolute atomic E-state index is 13.4. The van der Waals surface area contributed by atoms with Gasteiger partial charge in [0.1, 0.15) is 17.5 Å². The molecule has 1 atom stereocenters. The molecule has 2 aromatic carbocycles. The smallest absolute Gasteiger partial charge is 0.261 e. The van der Waals surface area contributed by atoms with Crippen LogP contribution in [-0.2, 0) is 16.1 Å². The summed E-state index contributed by atoms with van der Waals surface area (Å²) in [5, 5.41) is 3.85. The number of nitrogens with one attached hydrogen (secondary N) is 1. The lowest BCUT2D eigenvalue weighted by molar-refractivity contribution is -0.143. The first-order valence-corrected chi connectivity index (χ1v) is 12.3. The van der Waals surface area contributed by atoms with Gasteiger partial charge in [-0.3, -0.25) is 9.59 Å². The van der Waals surface area contributed by atoms with Crippen LogP contribution < -0.4 is 14.8 Å². The molecule has 3 rings (SSSR count). The van der Waals surface area contributed by atoms with Crippen LogP contribution in [0.2, 0.25) is 5.02 Å². The van der Waals surface area contributed by atoms with E-state index in [1.165, 1.54) is 0 Å². The van der Waals surface area contributed by atoms with Crippen molar-refractivity contribution >= 4 is 23.4 Å². The molecule has 6 nitrogen and oxygen atoms in total. The summed E-state index contributed by atoms with van der Waals surface area (Å²) in [5.74, 6) is 0.981. The third-order valence-corrected chi connectivity index (χ3v) is 6.97. The van der Waals surface area contributed by atoms with E-state index in [9.17, 15) is 9.59 Å². The van der Waals surface area contributed by atoms with Crippen molar-refractivity contribution in [2.75, 3.05) is 13.7 Å². The Kier molecular flexibility index (Phi) is 9.22. The van der Waals surface area contributed by atoms with Crippen LogP contribution in [0.4, 0.5) is 0 Å². The number of benzene rings is 2. The zero-order valence-electron chi connectivity index (χ0n) is 20.5. The third kappa shape index (κ3) is 6.66. The monoisotopic (exact) mass is 486 g/mol. The van der Waals surface area contributed by atoms with E-state index in [1.807, 2.05) is 57.2 Å². The van der Waals surface area contributed by atoms with Gasteiger partial charge in [-0.25, -0.2) is 0 Å². The summed E-state index contributed by atoms with van der Waals surface area (Å²) in [7, 11) is 1.61. The highest BCUT2D eigenvalue weighted by molar-refractivity contribution is 6.32. The lowest BCUT2D eigenvalue weighted by Gasteiger charge is -2.31. The predicted octanol–water partition coefficient (Wildman–Crippen LogP) is 5.21. The fourth-order valence-corrected chi connectivity index (χ4v) is 4.54. The van der Waals surface area contributed by atoms with Crippen LogP contribution in [0.5, 0.6) is 11.5 Å². The molecule has 1 unspecified atom stereocenters. The number of methoxy groups -OCH3 is 1. The van der Waals surface area contributed by atoms with Gasteiger partial charge in [0.15, 0.2) is 6.61 Å². The molecule has 2 aromatic rings. The molecule has 0 spiro atoms. The first-order valence-electron chi connectivity index (χ1n) is 11.9. The standard InChI is InChI=1S/C27H35ClN2O4/c1-5-24(27(32)29-21-8-6-7-9-21)30(16-20-10-12-22(33-4)13-11-20)25(31)17-34-23-14-18(2)26(28)19(3)15-23/h10-15,21,24H,5-9,16-17H2,1-4H3,(H,29,32). The minimum absolute atomic E-state index is 0.102. The van der Waals surface area contributed by atoms with Crippen LogP contribution in [0.15, 0.2) is 36.4 Å². The molecule has 0 saturated heterocycles. The van der Waals surface area contributed by atoms with Crippen molar-refractivity contribution in [2.45, 2.75) is 71.5 Å². The second kappa shape index (κ2) is 12.1. The zero-order valence-corrected chi connectivity index (χ0v) is 21.3. The van der Waals surface area contributed by atoms with E-state index < -0.39 is 6.04 Å². The number of rotatable bonds is 10. The topological polar surface area (TPSA) is 67.9 Å². The second-order valence-electron chi connectivity index (χ2n) is 8.94. The van der Waals surface area contributed by atoms with Crippen LogP contribution in [0.25, 0.3) is 0 Å². The van der Waals surface area contributed by atoms with Crippen LogP contribution in [-0.4, -0.2) is 42.5 Å². The molecule has 0 aliphatic heterocycles. The summed E-state index contributed by atoms with van der Waals surface area (Å²) in [6, 6.07) is 10.8. The second-order valence-corrected chi connectivity index (χ2v) is 9.32. The Morgan fingerprint density at radius 3 is 2.26 bits per heavy atom. The Bertz CT molecular complexity index is 964. The molecule has 0 radical (unpaired) electrons. The molecule has 0 aromatic heterocycles. The van der Waals surface area contributed by atoms with Crippen LogP contribution in [0.3, 0.4) is 0 Å². The maximum Gasteiger partial charge on any atom is 0.261 e. The Morgan fingerprint density at radius 1 is 1.09 bits per heavy atom. The van der Waals surface area contributed by atoms with E-state index in [1.54, 1.807) is 12.0 Å². The summed E-state index contributed by atoms with van der Waals surface area (Å²) in [6.45, 7) is 5.88. The fraction of sp³-hybridized carbons (Fsp3) is 0.481.